The molecule has 7 heteroatoms. The highest BCUT2D eigenvalue weighted by Gasteiger charge is 2.19. The molecular weight excluding hydrogens is 264 g/mol. The molecule has 2 rings (SSSR count). The third-order valence-electron chi connectivity index (χ3n) is 2.62. The zero-order valence-corrected chi connectivity index (χ0v) is 11.4. The first-order chi connectivity index (χ1) is 9.13. The van der Waals surface area contributed by atoms with Gasteiger partial charge in [-0.15, -0.1) is 0 Å². The number of benzene rings is 1. The molecule has 0 atom stereocenters. The van der Waals surface area contributed by atoms with E-state index < -0.39 is 10.0 Å². The van der Waals surface area contributed by atoms with Crippen molar-refractivity contribution in [1.82, 2.24) is 20.2 Å². The van der Waals surface area contributed by atoms with E-state index in [4.69, 9.17) is 0 Å². The summed E-state index contributed by atoms with van der Waals surface area (Å²) in [5.41, 5.74) is 1.52. The molecule has 0 spiro atoms. The topological polar surface area (TPSA) is 86.9 Å². The Balaban J connectivity index is 2.12. The molecule has 0 saturated carbocycles. The van der Waals surface area contributed by atoms with Crippen LogP contribution in [0.1, 0.15) is 11.1 Å². The minimum atomic E-state index is -3.58. The normalized spacial score (nSPS) is 11.6. The van der Waals surface area contributed by atoms with Gasteiger partial charge in [-0.2, -0.15) is 5.10 Å². The summed E-state index contributed by atoms with van der Waals surface area (Å²) in [4.78, 5) is 0. The van der Waals surface area contributed by atoms with Crippen molar-refractivity contribution in [3.8, 4) is 0 Å². The van der Waals surface area contributed by atoms with E-state index >= 15 is 0 Å². The summed E-state index contributed by atoms with van der Waals surface area (Å²) >= 11 is 0. The lowest BCUT2D eigenvalue weighted by atomic mass is 10.2. The maximum Gasteiger partial charge on any atom is 0.258 e. The number of nitrogens with zero attached hydrogens (tertiary/aromatic N) is 1. The standard InChI is InChI=1S/C12H16N4O2S/c1-13-8-11-9-14-16-12(11)19(17,18)15-7-10-5-3-2-4-6-10/h2-6,9,13,15H,7-8H2,1H3,(H,14,16). The van der Waals surface area contributed by atoms with Crippen molar-refractivity contribution in [3.05, 3.63) is 47.7 Å². The van der Waals surface area contributed by atoms with Crippen LogP contribution in [0.25, 0.3) is 0 Å². The van der Waals surface area contributed by atoms with Crippen molar-refractivity contribution in [2.75, 3.05) is 7.05 Å². The van der Waals surface area contributed by atoms with Crippen molar-refractivity contribution in [2.24, 2.45) is 0 Å². The molecule has 0 aliphatic heterocycles. The largest absolute Gasteiger partial charge is 0.316 e. The Kier molecular flexibility index (Phi) is 4.31. The summed E-state index contributed by atoms with van der Waals surface area (Å²) in [5, 5.41) is 9.32. The first-order valence-corrected chi connectivity index (χ1v) is 7.32. The second kappa shape index (κ2) is 5.96. The van der Waals surface area contributed by atoms with Gasteiger partial charge in [-0.05, 0) is 12.6 Å². The Morgan fingerprint density at radius 3 is 2.63 bits per heavy atom. The van der Waals surface area contributed by atoms with Crippen molar-refractivity contribution in [1.29, 1.82) is 0 Å². The molecule has 0 radical (unpaired) electrons. The van der Waals surface area contributed by atoms with Crippen molar-refractivity contribution < 1.29 is 8.42 Å². The minimum Gasteiger partial charge on any atom is -0.316 e. The molecule has 1 aromatic heterocycles. The molecule has 0 unspecified atom stereocenters. The molecule has 3 N–H and O–H groups in total. The van der Waals surface area contributed by atoms with Gasteiger partial charge in [-0.1, -0.05) is 30.3 Å². The van der Waals surface area contributed by atoms with Gasteiger partial charge in [0.05, 0.1) is 6.20 Å². The highest BCUT2D eigenvalue weighted by Crippen LogP contribution is 2.12. The molecule has 0 amide bonds. The maximum absolute atomic E-state index is 12.2. The van der Waals surface area contributed by atoms with Crippen LogP contribution in [0.4, 0.5) is 0 Å². The van der Waals surface area contributed by atoms with Crippen LogP contribution < -0.4 is 10.0 Å². The summed E-state index contributed by atoms with van der Waals surface area (Å²) in [7, 11) is -1.83. The molecule has 102 valence electrons. The van der Waals surface area contributed by atoms with E-state index in [1.54, 1.807) is 7.05 Å². The smallest absolute Gasteiger partial charge is 0.258 e. The number of hydrogen-bond donors (Lipinski definition) is 3. The van der Waals surface area contributed by atoms with E-state index in [1.165, 1.54) is 6.20 Å². The van der Waals surface area contributed by atoms with Crippen LogP contribution in [-0.2, 0) is 23.1 Å². The second-order valence-corrected chi connectivity index (χ2v) is 5.77. The van der Waals surface area contributed by atoms with Gasteiger partial charge < -0.3 is 5.32 Å². The predicted octanol–water partition coefficient (Wildman–Crippen LogP) is 0.608. The number of nitrogens with one attached hydrogen (secondary N) is 3. The van der Waals surface area contributed by atoms with Crippen LogP contribution in [-0.4, -0.2) is 25.7 Å². The first-order valence-electron chi connectivity index (χ1n) is 5.84. The monoisotopic (exact) mass is 280 g/mol. The molecule has 0 saturated heterocycles. The molecule has 0 fully saturated rings. The summed E-state index contributed by atoms with van der Waals surface area (Å²) in [6.45, 7) is 0.694. The van der Waals surface area contributed by atoms with Gasteiger partial charge in [0.2, 0.25) is 0 Å². The second-order valence-electron chi connectivity index (χ2n) is 4.06. The fourth-order valence-corrected chi connectivity index (χ4v) is 2.84. The minimum absolute atomic E-state index is 0.109. The number of aromatic nitrogens is 2. The van der Waals surface area contributed by atoms with Crippen LogP contribution in [0.15, 0.2) is 41.6 Å². The Hall–Kier alpha value is -1.70. The number of H-pyrrole nitrogens is 1. The maximum atomic E-state index is 12.2. The SMILES string of the molecule is CNCc1cn[nH]c1S(=O)(=O)NCc1ccccc1. The van der Waals surface area contributed by atoms with E-state index in [9.17, 15) is 8.42 Å². The number of hydrogen-bond acceptors (Lipinski definition) is 4. The Morgan fingerprint density at radius 1 is 1.21 bits per heavy atom. The van der Waals surface area contributed by atoms with Gasteiger partial charge in [-0.25, -0.2) is 13.1 Å². The van der Waals surface area contributed by atoms with Gasteiger partial charge in [0, 0.05) is 18.7 Å². The molecule has 19 heavy (non-hydrogen) atoms. The quantitative estimate of drug-likeness (QED) is 0.723. The fraction of sp³-hybridized carbons (Fsp3) is 0.250. The van der Waals surface area contributed by atoms with E-state index in [-0.39, 0.29) is 11.6 Å². The number of aromatic amines is 1. The summed E-state index contributed by atoms with van der Waals surface area (Å²) in [6.07, 6.45) is 1.51. The highest BCUT2D eigenvalue weighted by molar-refractivity contribution is 7.89. The van der Waals surface area contributed by atoms with Gasteiger partial charge in [0.1, 0.15) is 0 Å². The van der Waals surface area contributed by atoms with Crippen LogP contribution in [0.3, 0.4) is 0 Å². The van der Waals surface area contributed by atoms with Crippen LogP contribution in [0.2, 0.25) is 0 Å². The summed E-state index contributed by atoms with van der Waals surface area (Å²) in [5.74, 6) is 0. The Bertz CT molecular complexity index is 622. The van der Waals surface area contributed by atoms with E-state index in [0.29, 0.717) is 12.1 Å². The van der Waals surface area contributed by atoms with Crippen LogP contribution >= 0.6 is 0 Å². The van der Waals surface area contributed by atoms with E-state index in [1.807, 2.05) is 30.3 Å². The average molecular weight is 280 g/mol. The Labute approximate surface area is 112 Å². The number of sulfonamides is 1. The molecule has 0 bridgehead atoms. The molecular formula is C12H16N4O2S. The van der Waals surface area contributed by atoms with Gasteiger partial charge >= 0.3 is 0 Å². The van der Waals surface area contributed by atoms with Crippen molar-refractivity contribution in [2.45, 2.75) is 18.1 Å². The highest BCUT2D eigenvalue weighted by atomic mass is 32.2. The van der Waals surface area contributed by atoms with Gasteiger partial charge in [0.25, 0.3) is 10.0 Å². The third kappa shape index (κ3) is 3.40. The average Bonchev–Trinajstić information content (AvgIpc) is 2.87. The lowest BCUT2D eigenvalue weighted by Gasteiger charge is -2.07. The Morgan fingerprint density at radius 2 is 1.95 bits per heavy atom. The van der Waals surface area contributed by atoms with E-state index in [0.717, 1.165) is 5.56 Å². The fourth-order valence-electron chi connectivity index (χ4n) is 1.69. The third-order valence-corrected chi connectivity index (χ3v) is 4.04. The lowest BCUT2D eigenvalue weighted by Crippen LogP contribution is -2.25. The molecule has 6 nitrogen and oxygen atoms in total. The zero-order valence-electron chi connectivity index (χ0n) is 10.6. The van der Waals surface area contributed by atoms with Crippen LogP contribution in [0, 0.1) is 0 Å². The van der Waals surface area contributed by atoms with Crippen molar-refractivity contribution in [3.63, 3.8) is 0 Å². The molecule has 0 aliphatic rings. The van der Waals surface area contributed by atoms with E-state index in [2.05, 4.69) is 20.2 Å². The summed E-state index contributed by atoms with van der Waals surface area (Å²) in [6, 6.07) is 9.35. The lowest BCUT2D eigenvalue weighted by molar-refractivity contribution is 0.575. The first kappa shape index (κ1) is 13.7. The molecule has 1 aromatic carbocycles. The van der Waals surface area contributed by atoms with Gasteiger partial charge in [0.15, 0.2) is 5.03 Å². The molecule has 2 aromatic rings. The van der Waals surface area contributed by atoms with Crippen molar-refractivity contribution >= 4 is 10.0 Å². The van der Waals surface area contributed by atoms with Crippen LogP contribution in [0.5, 0.6) is 0 Å². The predicted molar refractivity (Wildman–Crippen MR) is 71.8 cm³/mol. The molecule has 1 heterocycles. The molecule has 0 aliphatic carbocycles. The van der Waals surface area contributed by atoms with Gasteiger partial charge in [-0.3, -0.25) is 5.10 Å². The summed E-state index contributed by atoms with van der Waals surface area (Å²) < 4.78 is 26.9. The zero-order chi connectivity index (χ0) is 13.7. The number of rotatable bonds is 6.